The third kappa shape index (κ3) is 7.05. The van der Waals surface area contributed by atoms with Gasteiger partial charge in [-0.05, 0) is 49.2 Å². The highest BCUT2D eigenvalue weighted by atomic mass is 32.1. The molecule has 0 fully saturated rings. The van der Waals surface area contributed by atoms with Gasteiger partial charge in [0.2, 0.25) is 0 Å². The summed E-state index contributed by atoms with van der Waals surface area (Å²) in [7, 11) is 0. The van der Waals surface area contributed by atoms with Gasteiger partial charge < -0.3 is 4.74 Å². The van der Waals surface area contributed by atoms with E-state index in [0.717, 1.165) is 41.9 Å². The van der Waals surface area contributed by atoms with E-state index in [1.165, 1.54) is 11.3 Å². The lowest BCUT2D eigenvalue weighted by Gasteiger charge is -2.07. The first-order valence-electron chi connectivity index (χ1n) is 10.6. The lowest BCUT2D eigenvalue weighted by Crippen LogP contribution is -2.20. The fourth-order valence-electron chi connectivity index (χ4n) is 2.83. The normalized spacial score (nSPS) is 10.4. The van der Waals surface area contributed by atoms with Gasteiger partial charge in [0, 0.05) is 22.3 Å². The predicted molar refractivity (Wildman–Crippen MR) is 128 cm³/mol. The van der Waals surface area contributed by atoms with Crippen LogP contribution in [0, 0.1) is 0 Å². The molecule has 3 amide bonds. The zero-order valence-corrected chi connectivity index (χ0v) is 19.0. The van der Waals surface area contributed by atoms with E-state index >= 15 is 0 Å². The largest absolute Gasteiger partial charge is 0.449 e. The number of carbonyl (C=O) groups is 2. The zero-order valence-electron chi connectivity index (χ0n) is 18.2. The molecule has 0 bridgehead atoms. The van der Waals surface area contributed by atoms with Crippen molar-refractivity contribution in [2.24, 2.45) is 0 Å². The number of nitrogens with zero attached hydrogens (tertiary/aromatic N) is 2. The summed E-state index contributed by atoms with van der Waals surface area (Å²) >= 11 is 1.41. The molecule has 0 radical (unpaired) electrons. The van der Waals surface area contributed by atoms with E-state index in [0.29, 0.717) is 23.9 Å². The number of amides is 3. The second-order valence-electron chi connectivity index (χ2n) is 7.07. The topological polar surface area (TPSA) is 105 Å². The van der Waals surface area contributed by atoms with Crippen molar-refractivity contribution in [1.82, 2.24) is 9.97 Å². The van der Waals surface area contributed by atoms with Crippen LogP contribution in [0.1, 0.15) is 38.8 Å². The Morgan fingerprint density at radius 2 is 1.72 bits per heavy atom. The van der Waals surface area contributed by atoms with Gasteiger partial charge in [0.25, 0.3) is 0 Å². The van der Waals surface area contributed by atoms with Crippen LogP contribution in [-0.4, -0.2) is 28.7 Å². The molecule has 0 aliphatic heterocycles. The number of pyridine rings is 1. The van der Waals surface area contributed by atoms with Crippen LogP contribution < -0.4 is 16.0 Å². The number of nitrogens with one attached hydrogen (secondary N) is 3. The fraction of sp³-hybridized carbons (Fsp3) is 0.304. The first-order valence-corrected chi connectivity index (χ1v) is 11.5. The van der Waals surface area contributed by atoms with Crippen molar-refractivity contribution in [1.29, 1.82) is 0 Å². The summed E-state index contributed by atoms with van der Waals surface area (Å²) in [5, 5.41) is 10.7. The molecule has 32 heavy (non-hydrogen) atoms. The van der Waals surface area contributed by atoms with Gasteiger partial charge >= 0.3 is 12.1 Å². The number of aromatic nitrogens is 2. The molecule has 0 aliphatic rings. The third-order valence-electron chi connectivity index (χ3n) is 4.41. The maximum absolute atomic E-state index is 12.3. The molecule has 3 aromatic rings. The number of urea groups is 1. The highest BCUT2D eigenvalue weighted by molar-refractivity contribution is 7.13. The lowest BCUT2D eigenvalue weighted by molar-refractivity contribution is 0.160. The summed E-state index contributed by atoms with van der Waals surface area (Å²) in [6, 6.07) is 12.4. The molecule has 8 nitrogen and oxygen atoms in total. The number of rotatable bonds is 9. The molecule has 9 heteroatoms. The smallest absolute Gasteiger partial charge is 0.411 e. The minimum Gasteiger partial charge on any atom is -0.449 e. The van der Waals surface area contributed by atoms with Crippen molar-refractivity contribution in [2.75, 3.05) is 22.6 Å². The van der Waals surface area contributed by atoms with Crippen LogP contribution >= 0.6 is 11.3 Å². The molecule has 0 aliphatic carbocycles. The maximum atomic E-state index is 12.3. The van der Waals surface area contributed by atoms with Crippen LogP contribution in [0.4, 0.5) is 26.9 Å². The molecule has 2 aromatic heterocycles. The molecule has 168 valence electrons. The molecule has 3 rings (SSSR count). The second kappa shape index (κ2) is 11.8. The average molecular weight is 454 g/mol. The molecule has 2 heterocycles. The number of hydrogen-bond acceptors (Lipinski definition) is 6. The fourth-order valence-corrected chi connectivity index (χ4v) is 3.59. The molecule has 0 atom stereocenters. The summed E-state index contributed by atoms with van der Waals surface area (Å²) in [6.07, 6.45) is 3.20. The SMILES string of the molecule is CCCCOC(=O)Nc1ccc(-c2nc(NC(=O)Nc3cccc(CCC)n3)cs2)cc1. The van der Waals surface area contributed by atoms with E-state index in [4.69, 9.17) is 4.74 Å². The Balaban J connectivity index is 1.54. The first kappa shape index (κ1) is 23.2. The molecule has 1 aromatic carbocycles. The summed E-state index contributed by atoms with van der Waals surface area (Å²) in [5.41, 5.74) is 2.46. The second-order valence-corrected chi connectivity index (χ2v) is 7.93. The van der Waals surface area contributed by atoms with Gasteiger partial charge in [-0.2, -0.15) is 0 Å². The van der Waals surface area contributed by atoms with E-state index in [1.54, 1.807) is 23.6 Å². The van der Waals surface area contributed by atoms with Gasteiger partial charge in [0.1, 0.15) is 16.6 Å². The Morgan fingerprint density at radius 1 is 0.938 bits per heavy atom. The highest BCUT2D eigenvalue weighted by Crippen LogP contribution is 2.27. The van der Waals surface area contributed by atoms with Gasteiger partial charge in [-0.3, -0.25) is 16.0 Å². The van der Waals surface area contributed by atoms with E-state index in [-0.39, 0.29) is 0 Å². The summed E-state index contributed by atoms with van der Waals surface area (Å²) in [5.74, 6) is 0.953. The van der Waals surface area contributed by atoms with Crippen molar-refractivity contribution in [3.05, 3.63) is 53.5 Å². The molecule has 0 spiro atoms. The lowest BCUT2D eigenvalue weighted by atomic mass is 10.2. The van der Waals surface area contributed by atoms with E-state index < -0.39 is 12.1 Å². The predicted octanol–water partition coefficient (Wildman–Crippen LogP) is 6.15. The Kier molecular flexibility index (Phi) is 8.56. The van der Waals surface area contributed by atoms with Gasteiger partial charge in [0.05, 0.1) is 6.61 Å². The molecule has 3 N–H and O–H groups in total. The van der Waals surface area contributed by atoms with Crippen LogP contribution in [0.3, 0.4) is 0 Å². The summed E-state index contributed by atoms with van der Waals surface area (Å²) < 4.78 is 5.09. The number of aryl methyl sites for hydroxylation is 1. The summed E-state index contributed by atoms with van der Waals surface area (Å²) in [4.78, 5) is 32.9. The van der Waals surface area contributed by atoms with Crippen molar-refractivity contribution < 1.29 is 14.3 Å². The van der Waals surface area contributed by atoms with Crippen molar-refractivity contribution >= 4 is 40.8 Å². The van der Waals surface area contributed by atoms with Gasteiger partial charge in [-0.25, -0.2) is 19.6 Å². The molecule has 0 unspecified atom stereocenters. The first-order chi connectivity index (χ1) is 15.6. The maximum Gasteiger partial charge on any atom is 0.411 e. The Hall–Kier alpha value is -3.46. The van der Waals surface area contributed by atoms with Crippen molar-refractivity contribution in [3.8, 4) is 10.6 Å². The van der Waals surface area contributed by atoms with Gasteiger partial charge in [0.15, 0.2) is 0 Å². The quantitative estimate of drug-likeness (QED) is 0.337. The van der Waals surface area contributed by atoms with Crippen LogP contribution in [0.15, 0.2) is 47.8 Å². The number of hydrogen-bond donors (Lipinski definition) is 3. The van der Waals surface area contributed by atoms with Gasteiger partial charge in [-0.15, -0.1) is 11.3 Å². The number of anilines is 3. The summed E-state index contributed by atoms with van der Waals surface area (Å²) in [6.45, 7) is 4.53. The van der Waals surface area contributed by atoms with Gasteiger partial charge in [-0.1, -0.05) is 32.8 Å². The third-order valence-corrected chi connectivity index (χ3v) is 5.30. The van der Waals surface area contributed by atoms with Crippen LogP contribution in [0.5, 0.6) is 0 Å². The number of thiazole rings is 1. The van der Waals surface area contributed by atoms with E-state index in [1.807, 2.05) is 31.2 Å². The number of benzene rings is 1. The standard InChI is InChI=1S/C23H27N5O3S/c1-3-5-14-31-23(30)25-18-12-10-16(11-13-18)21-26-20(15-32-21)28-22(29)27-19-9-6-8-17(24-19)7-4-2/h6,8-13,15H,3-5,7,14H2,1-2H3,(H,25,30)(H2,24,27,28,29). The van der Waals surface area contributed by atoms with Crippen molar-refractivity contribution in [3.63, 3.8) is 0 Å². The Labute approximate surface area is 191 Å². The highest BCUT2D eigenvalue weighted by Gasteiger charge is 2.10. The Bertz CT molecular complexity index is 1040. The van der Waals surface area contributed by atoms with Crippen LogP contribution in [0.2, 0.25) is 0 Å². The van der Waals surface area contributed by atoms with E-state index in [9.17, 15) is 9.59 Å². The number of carbonyl (C=O) groups excluding carboxylic acids is 2. The minimum atomic E-state index is -0.465. The van der Waals surface area contributed by atoms with Crippen LogP contribution in [-0.2, 0) is 11.2 Å². The number of ether oxygens (including phenoxy) is 1. The van der Waals surface area contributed by atoms with Crippen LogP contribution in [0.25, 0.3) is 10.6 Å². The molecular formula is C23H27N5O3S. The van der Waals surface area contributed by atoms with E-state index in [2.05, 4.69) is 32.8 Å². The van der Waals surface area contributed by atoms with Crippen molar-refractivity contribution in [2.45, 2.75) is 39.5 Å². The molecule has 0 saturated heterocycles. The average Bonchev–Trinajstić information content (AvgIpc) is 3.23. The zero-order chi connectivity index (χ0) is 22.8. The molecular weight excluding hydrogens is 426 g/mol. The minimum absolute atomic E-state index is 0.399. The molecule has 0 saturated carbocycles. The monoisotopic (exact) mass is 453 g/mol. The Morgan fingerprint density at radius 3 is 2.47 bits per heavy atom. The number of unbranched alkanes of at least 4 members (excludes halogenated alkanes) is 1.